The highest BCUT2D eigenvalue weighted by atomic mass is 16.2. The van der Waals surface area contributed by atoms with Gasteiger partial charge >= 0.3 is 6.03 Å². The lowest BCUT2D eigenvalue weighted by Gasteiger charge is -2.41. The van der Waals surface area contributed by atoms with E-state index in [1.54, 1.807) is 0 Å². The van der Waals surface area contributed by atoms with E-state index in [9.17, 15) is 9.59 Å². The van der Waals surface area contributed by atoms with Crippen LogP contribution in [0.1, 0.15) is 52.9 Å². The average Bonchev–Trinajstić information content (AvgIpc) is 2.53. The number of urea groups is 1. The maximum Gasteiger partial charge on any atom is 0.325 e. The number of rotatable bonds is 3. The van der Waals surface area contributed by atoms with Gasteiger partial charge in [-0.05, 0) is 24.7 Å². The van der Waals surface area contributed by atoms with E-state index in [1.165, 1.54) is 6.42 Å². The van der Waals surface area contributed by atoms with Gasteiger partial charge in [-0.3, -0.25) is 10.1 Å². The maximum atomic E-state index is 12.2. The Labute approximate surface area is 109 Å². The van der Waals surface area contributed by atoms with Crippen LogP contribution >= 0.6 is 0 Å². The summed E-state index contributed by atoms with van der Waals surface area (Å²) >= 11 is 0. The van der Waals surface area contributed by atoms with E-state index in [0.717, 1.165) is 25.7 Å². The Morgan fingerprint density at radius 2 is 2.22 bits per heavy atom. The smallest absolute Gasteiger partial charge is 0.309 e. The second-order valence-electron chi connectivity index (χ2n) is 6.12. The maximum absolute atomic E-state index is 12.2. The molecule has 1 aliphatic carbocycles. The molecule has 1 heterocycles. The van der Waals surface area contributed by atoms with E-state index in [4.69, 9.17) is 0 Å². The minimum absolute atomic E-state index is 0.0673. The predicted molar refractivity (Wildman–Crippen MR) is 70.1 cm³/mol. The van der Waals surface area contributed by atoms with E-state index < -0.39 is 5.54 Å². The molecule has 1 aliphatic heterocycles. The van der Waals surface area contributed by atoms with Gasteiger partial charge in [0.05, 0.1) is 0 Å². The van der Waals surface area contributed by atoms with Crippen LogP contribution < -0.4 is 5.32 Å². The van der Waals surface area contributed by atoms with Crippen LogP contribution in [0.25, 0.3) is 0 Å². The monoisotopic (exact) mass is 252 g/mol. The first kappa shape index (κ1) is 13.4. The fourth-order valence-corrected chi connectivity index (χ4v) is 3.27. The Morgan fingerprint density at radius 3 is 2.83 bits per heavy atom. The lowest BCUT2D eigenvalue weighted by atomic mass is 9.75. The molecule has 18 heavy (non-hydrogen) atoms. The molecule has 0 radical (unpaired) electrons. The van der Waals surface area contributed by atoms with Gasteiger partial charge in [-0.1, -0.05) is 40.0 Å². The molecule has 2 aliphatic rings. The standard InChI is InChI=1S/C14H24N2O2/c1-4-10(2)9-16-13(18)15-12(17)14(16)7-5-6-11(3)8-14/h10-11H,4-9H2,1-3H3,(H,15,17,18). The van der Waals surface area contributed by atoms with Gasteiger partial charge in [-0.25, -0.2) is 4.79 Å². The Bertz CT molecular complexity index is 356. The molecule has 1 N–H and O–H groups in total. The van der Waals surface area contributed by atoms with Gasteiger partial charge < -0.3 is 4.90 Å². The summed E-state index contributed by atoms with van der Waals surface area (Å²) in [6.45, 7) is 7.13. The van der Waals surface area contributed by atoms with Gasteiger partial charge in [0.15, 0.2) is 0 Å². The molecule has 0 bridgehead atoms. The summed E-state index contributed by atoms with van der Waals surface area (Å²) in [5.41, 5.74) is -0.543. The van der Waals surface area contributed by atoms with Gasteiger partial charge in [0.25, 0.3) is 5.91 Å². The third kappa shape index (κ3) is 2.13. The lowest BCUT2D eigenvalue weighted by molar-refractivity contribution is -0.129. The highest BCUT2D eigenvalue weighted by molar-refractivity contribution is 6.07. The second-order valence-corrected chi connectivity index (χ2v) is 6.12. The van der Waals surface area contributed by atoms with E-state index >= 15 is 0 Å². The van der Waals surface area contributed by atoms with Crippen LogP contribution in [0.3, 0.4) is 0 Å². The molecular weight excluding hydrogens is 228 g/mol. The quantitative estimate of drug-likeness (QED) is 0.785. The normalized spacial score (nSPS) is 33.9. The van der Waals surface area contributed by atoms with Crippen LogP contribution in [0, 0.1) is 11.8 Å². The fraction of sp³-hybridized carbons (Fsp3) is 0.857. The van der Waals surface area contributed by atoms with Crippen molar-refractivity contribution in [2.45, 2.75) is 58.4 Å². The molecule has 0 aromatic carbocycles. The number of hydrogen-bond acceptors (Lipinski definition) is 2. The van der Waals surface area contributed by atoms with Crippen molar-refractivity contribution in [3.8, 4) is 0 Å². The van der Waals surface area contributed by atoms with Crippen molar-refractivity contribution >= 4 is 11.9 Å². The van der Waals surface area contributed by atoms with Crippen LogP contribution in [0.15, 0.2) is 0 Å². The molecule has 3 atom stereocenters. The Hall–Kier alpha value is -1.06. The zero-order chi connectivity index (χ0) is 13.3. The molecule has 1 saturated heterocycles. The number of carbonyl (C=O) groups is 2. The minimum Gasteiger partial charge on any atom is -0.309 e. The zero-order valence-electron chi connectivity index (χ0n) is 11.7. The van der Waals surface area contributed by atoms with Crippen molar-refractivity contribution in [3.05, 3.63) is 0 Å². The van der Waals surface area contributed by atoms with Crippen molar-refractivity contribution in [3.63, 3.8) is 0 Å². The van der Waals surface area contributed by atoms with Crippen LogP contribution in [0.2, 0.25) is 0 Å². The van der Waals surface area contributed by atoms with E-state index in [2.05, 4.69) is 26.1 Å². The number of nitrogens with one attached hydrogen (secondary N) is 1. The van der Waals surface area contributed by atoms with Crippen LogP contribution in [-0.4, -0.2) is 28.9 Å². The Kier molecular flexibility index (Phi) is 3.64. The summed E-state index contributed by atoms with van der Waals surface area (Å²) in [6.07, 6.45) is 4.88. The predicted octanol–water partition coefficient (Wildman–Crippen LogP) is 2.53. The highest BCUT2D eigenvalue weighted by Gasteiger charge is 2.54. The van der Waals surface area contributed by atoms with Crippen molar-refractivity contribution in [1.29, 1.82) is 0 Å². The molecule has 2 fully saturated rings. The van der Waals surface area contributed by atoms with Crippen molar-refractivity contribution in [1.82, 2.24) is 10.2 Å². The van der Waals surface area contributed by atoms with Crippen molar-refractivity contribution in [2.75, 3.05) is 6.54 Å². The molecule has 1 saturated carbocycles. The molecule has 2 rings (SSSR count). The van der Waals surface area contributed by atoms with E-state index in [1.807, 2.05) is 4.90 Å². The van der Waals surface area contributed by atoms with Crippen LogP contribution in [0.4, 0.5) is 4.79 Å². The molecule has 3 amide bonds. The zero-order valence-corrected chi connectivity index (χ0v) is 11.7. The van der Waals surface area contributed by atoms with Crippen LogP contribution in [0.5, 0.6) is 0 Å². The first-order chi connectivity index (χ1) is 8.49. The van der Waals surface area contributed by atoms with Gasteiger partial charge in [-0.2, -0.15) is 0 Å². The number of amides is 3. The number of nitrogens with zero attached hydrogens (tertiary/aromatic N) is 1. The molecule has 0 aromatic rings. The SMILES string of the molecule is CCC(C)CN1C(=O)NC(=O)C12CCCC(C)C2. The molecule has 1 spiro atoms. The number of imide groups is 1. The molecule has 102 valence electrons. The fourth-order valence-electron chi connectivity index (χ4n) is 3.27. The Balaban J connectivity index is 2.23. The molecule has 4 nitrogen and oxygen atoms in total. The summed E-state index contributed by atoms with van der Waals surface area (Å²) in [5.74, 6) is 0.896. The van der Waals surface area contributed by atoms with E-state index in [0.29, 0.717) is 18.4 Å². The van der Waals surface area contributed by atoms with Crippen molar-refractivity contribution in [2.24, 2.45) is 11.8 Å². The van der Waals surface area contributed by atoms with Crippen molar-refractivity contribution < 1.29 is 9.59 Å². The third-order valence-corrected chi connectivity index (χ3v) is 4.57. The molecule has 3 unspecified atom stereocenters. The van der Waals surface area contributed by atoms with Crippen LogP contribution in [-0.2, 0) is 4.79 Å². The molecular formula is C14H24N2O2. The highest BCUT2D eigenvalue weighted by Crippen LogP contribution is 2.40. The topological polar surface area (TPSA) is 49.4 Å². The minimum atomic E-state index is -0.543. The van der Waals surface area contributed by atoms with Gasteiger partial charge in [0, 0.05) is 6.54 Å². The largest absolute Gasteiger partial charge is 0.325 e. The number of hydrogen-bond donors (Lipinski definition) is 1. The third-order valence-electron chi connectivity index (χ3n) is 4.57. The lowest BCUT2D eigenvalue weighted by Crippen LogP contribution is -2.53. The summed E-state index contributed by atoms with van der Waals surface area (Å²) in [5, 5.41) is 2.53. The first-order valence-electron chi connectivity index (χ1n) is 7.12. The van der Waals surface area contributed by atoms with Gasteiger partial charge in [0.2, 0.25) is 0 Å². The summed E-state index contributed by atoms with van der Waals surface area (Å²) < 4.78 is 0. The summed E-state index contributed by atoms with van der Waals surface area (Å²) in [6, 6.07) is -0.186. The molecule has 4 heteroatoms. The molecule has 0 aromatic heterocycles. The first-order valence-corrected chi connectivity index (χ1v) is 7.12. The average molecular weight is 252 g/mol. The van der Waals surface area contributed by atoms with Gasteiger partial charge in [-0.15, -0.1) is 0 Å². The van der Waals surface area contributed by atoms with E-state index in [-0.39, 0.29) is 11.9 Å². The van der Waals surface area contributed by atoms with Gasteiger partial charge in [0.1, 0.15) is 5.54 Å². The Morgan fingerprint density at radius 1 is 1.50 bits per heavy atom. The summed E-state index contributed by atoms with van der Waals surface area (Å²) in [7, 11) is 0. The number of carbonyl (C=O) groups excluding carboxylic acids is 2. The second kappa shape index (κ2) is 4.90. The summed E-state index contributed by atoms with van der Waals surface area (Å²) in [4.78, 5) is 26.0.